The molecule has 0 spiro atoms. The molecule has 0 atom stereocenters. The Labute approximate surface area is 152 Å². The minimum absolute atomic E-state index is 0.175. The van der Waals surface area contributed by atoms with Crippen molar-refractivity contribution >= 4 is 52.2 Å². The van der Waals surface area contributed by atoms with Gasteiger partial charge in [0.1, 0.15) is 5.03 Å². The van der Waals surface area contributed by atoms with Crippen LogP contribution >= 0.6 is 35.0 Å². The molecule has 1 amide bonds. The van der Waals surface area contributed by atoms with Crippen molar-refractivity contribution in [1.82, 2.24) is 19.8 Å². The van der Waals surface area contributed by atoms with Gasteiger partial charge in [0, 0.05) is 11.4 Å². The van der Waals surface area contributed by atoms with Gasteiger partial charge in [0.15, 0.2) is 11.5 Å². The number of carbonyl (C=O) groups excluding carboxylic acids is 1. The molecule has 3 aromatic rings. The maximum Gasteiger partial charge on any atom is 0.234 e. The van der Waals surface area contributed by atoms with Gasteiger partial charge >= 0.3 is 0 Å². The molecule has 1 aromatic carbocycles. The lowest BCUT2D eigenvalue weighted by molar-refractivity contribution is -0.113. The molecule has 0 bridgehead atoms. The quantitative estimate of drug-likeness (QED) is 0.681. The number of hydrogen-bond acceptors (Lipinski definition) is 5. The van der Waals surface area contributed by atoms with Crippen LogP contribution in [0.4, 0.5) is 5.69 Å². The molecule has 2 heterocycles. The van der Waals surface area contributed by atoms with Gasteiger partial charge in [0.05, 0.1) is 16.5 Å². The van der Waals surface area contributed by atoms with Crippen LogP contribution in [0.1, 0.15) is 12.7 Å². The molecule has 6 nitrogen and oxygen atoms in total. The van der Waals surface area contributed by atoms with Crippen molar-refractivity contribution < 1.29 is 4.79 Å². The van der Waals surface area contributed by atoms with Crippen molar-refractivity contribution in [2.24, 2.45) is 0 Å². The Morgan fingerprint density at radius 1 is 1.25 bits per heavy atom. The molecule has 0 aliphatic carbocycles. The zero-order chi connectivity index (χ0) is 17.1. The predicted octanol–water partition coefficient (Wildman–Crippen LogP) is 3.72. The number of nitrogens with one attached hydrogen (secondary N) is 1. The largest absolute Gasteiger partial charge is 0.324 e. The van der Waals surface area contributed by atoms with E-state index in [1.54, 1.807) is 22.7 Å². The lowest BCUT2D eigenvalue weighted by Crippen LogP contribution is -2.14. The van der Waals surface area contributed by atoms with Crippen LogP contribution in [0.25, 0.3) is 5.65 Å². The highest BCUT2D eigenvalue weighted by Crippen LogP contribution is 2.25. The van der Waals surface area contributed by atoms with Crippen LogP contribution in [0.3, 0.4) is 0 Å². The van der Waals surface area contributed by atoms with Gasteiger partial charge in [-0.05, 0) is 30.3 Å². The standard InChI is InChI=1S/C15H13Cl2N5OS/c1-2-12-19-20-13-5-6-15(21-22(12)13)24-8-14(23)18-11-4-3-9(16)7-10(11)17/h3-7H,2,8H2,1H3,(H,18,23). The van der Waals surface area contributed by atoms with Crippen molar-refractivity contribution in [3.8, 4) is 0 Å². The van der Waals surface area contributed by atoms with E-state index in [1.807, 2.05) is 19.1 Å². The third kappa shape index (κ3) is 3.80. The molecule has 24 heavy (non-hydrogen) atoms. The highest BCUT2D eigenvalue weighted by Gasteiger charge is 2.10. The number of halogens is 2. The first-order valence-corrected chi connectivity index (χ1v) is 8.90. The van der Waals surface area contributed by atoms with Crippen LogP contribution < -0.4 is 5.32 Å². The van der Waals surface area contributed by atoms with Crippen LogP contribution in [0.5, 0.6) is 0 Å². The fourth-order valence-corrected chi connectivity index (χ4v) is 3.14. The number of nitrogens with zero attached hydrogens (tertiary/aromatic N) is 4. The van der Waals surface area contributed by atoms with Crippen molar-refractivity contribution in [3.63, 3.8) is 0 Å². The third-order valence-electron chi connectivity index (χ3n) is 3.18. The Kier molecular flexibility index (Phi) is 5.23. The first kappa shape index (κ1) is 17.0. The summed E-state index contributed by atoms with van der Waals surface area (Å²) in [6, 6.07) is 8.57. The van der Waals surface area contributed by atoms with Gasteiger partial charge in [-0.1, -0.05) is 41.9 Å². The molecule has 0 unspecified atom stereocenters. The van der Waals surface area contributed by atoms with E-state index < -0.39 is 0 Å². The van der Waals surface area contributed by atoms with Gasteiger partial charge in [-0.25, -0.2) is 0 Å². The summed E-state index contributed by atoms with van der Waals surface area (Å²) in [5.74, 6) is 0.816. The Balaban J connectivity index is 1.65. The summed E-state index contributed by atoms with van der Waals surface area (Å²) in [5, 5.41) is 16.9. The lowest BCUT2D eigenvalue weighted by atomic mass is 10.3. The van der Waals surface area contributed by atoms with Crippen LogP contribution in [0.2, 0.25) is 10.0 Å². The number of rotatable bonds is 5. The SMILES string of the molecule is CCc1nnc2ccc(SCC(=O)Nc3ccc(Cl)cc3Cl)nn12. The number of hydrogen-bond donors (Lipinski definition) is 1. The second-order valence-corrected chi connectivity index (χ2v) is 6.71. The number of aromatic nitrogens is 4. The number of anilines is 1. The maximum absolute atomic E-state index is 12.1. The molecule has 9 heteroatoms. The Morgan fingerprint density at radius 2 is 2.08 bits per heavy atom. The van der Waals surface area contributed by atoms with E-state index in [0.717, 1.165) is 12.2 Å². The van der Waals surface area contributed by atoms with Crippen LogP contribution in [0.15, 0.2) is 35.4 Å². The van der Waals surface area contributed by atoms with E-state index in [0.29, 0.717) is 26.4 Å². The topological polar surface area (TPSA) is 72.2 Å². The van der Waals surface area contributed by atoms with Crippen LogP contribution in [0, 0.1) is 0 Å². The van der Waals surface area contributed by atoms with E-state index in [4.69, 9.17) is 23.2 Å². The van der Waals surface area contributed by atoms with Crippen molar-refractivity contribution in [1.29, 1.82) is 0 Å². The van der Waals surface area contributed by atoms with E-state index in [-0.39, 0.29) is 11.7 Å². The number of fused-ring (bicyclic) bond motifs is 1. The van der Waals surface area contributed by atoms with Crippen molar-refractivity contribution in [2.45, 2.75) is 18.4 Å². The average Bonchev–Trinajstić information content (AvgIpc) is 2.98. The molecule has 0 saturated carbocycles. The van der Waals surface area contributed by atoms with Crippen molar-refractivity contribution in [3.05, 3.63) is 46.2 Å². The van der Waals surface area contributed by atoms with Gasteiger partial charge in [0.2, 0.25) is 5.91 Å². The number of carbonyl (C=O) groups is 1. The lowest BCUT2D eigenvalue weighted by Gasteiger charge is -2.07. The smallest absolute Gasteiger partial charge is 0.234 e. The first-order valence-electron chi connectivity index (χ1n) is 7.16. The number of aryl methyl sites for hydroxylation is 1. The van der Waals surface area contributed by atoms with Crippen molar-refractivity contribution in [2.75, 3.05) is 11.1 Å². The van der Waals surface area contributed by atoms with Gasteiger partial charge in [0.25, 0.3) is 0 Å². The fourth-order valence-electron chi connectivity index (χ4n) is 2.03. The second kappa shape index (κ2) is 7.38. The first-order chi connectivity index (χ1) is 11.6. The van der Waals surface area contributed by atoms with E-state index in [9.17, 15) is 4.79 Å². The molecule has 0 aliphatic rings. The molecule has 0 saturated heterocycles. The zero-order valence-corrected chi connectivity index (χ0v) is 15.0. The summed E-state index contributed by atoms with van der Waals surface area (Å²) in [4.78, 5) is 12.1. The molecular weight excluding hydrogens is 369 g/mol. The summed E-state index contributed by atoms with van der Waals surface area (Å²) in [5.41, 5.74) is 1.22. The van der Waals surface area contributed by atoms with E-state index in [1.165, 1.54) is 11.8 Å². The molecule has 0 aliphatic heterocycles. The fraction of sp³-hybridized carbons (Fsp3) is 0.200. The molecule has 0 radical (unpaired) electrons. The number of thioether (sulfide) groups is 1. The van der Waals surface area contributed by atoms with Gasteiger partial charge in [-0.2, -0.15) is 9.61 Å². The molecular formula is C15H13Cl2N5OS. The van der Waals surface area contributed by atoms with Gasteiger partial charge < -0.3 is 5.32 Å². The highest BCUT2D eigenvalue weighted by molar-refractivity contribution is 7.99. The minimum Gasteiger partial charge on any atom is -0.324 e. The Bertz CT molecular complexity index is 899. The molecule has 3 rings (SSSR count). The average molecular weight is 382 g/mol. The zero-order valence-electron chi connectivity index (χ0n) is 12.7. The van der Waals surface area contributed by atoms with E-state index in [2.05, 4.69) is 20.6 Å². The van der Waals surface area contributed by atoms with Gasteiger partial charge in [-0.3, -0.25) is 4.79 Å². The predicted molar refractivity (Wildman–Crippen MR) is 96.0 cm³/mol. The molecule has 124 valence electrons. The monoisotopic (exact) mass is 381 g/mol. The van der Waals surface area contributed by atoms with Gasteiger partial charge in [-0.15, -0.1) is 10.2 Å². The second-order valence-electron chi connectivity index (χ2n) is 4.87. The molecule has 2 aromatic heterocycles. The summed E-state index contributed by atoms with van der Waals surface area (Å²) in [6.45, 7) is 1.99. The maximum atomic E-state index is 12.1. The van der Waals surface area contributed by atoms with Crippen LogP contribution in [-0.2, 0) is 11.2 Å². The normalized spacial score (nSPS) is 11.0. The summed E-state index contributed by atoms with van der Waals surface area (Å²) >= 11 is 13.2. The third-order valence-corrected chi connectivity index (χ3v) is 4.64. The summed E-state index contributed by atoms with van der Waals surface area (Å²) < 4.78 is 1.69. The highest BCUT2D eigenvalue weighted by atomic mass is 35.5. The van der Waals surface area contributed by atoms with Crippen LogP contribution in [-0.4, -0.2) is 31.5 Å². The number of benzene rings is 1. The summed E-state index contributed by atoms with van der Waals surface area (Å²) in [6.07, 6.45) is 0.734. The Morgan fingerprint density at radius 3 is 2.83 bits per heavy atom. The number of amides is 1. The minimum atomic E-state index is -0.175. The Hall–Kier alpha value is -1.83. The van der Waals surface area contributed by atoms with E-state index >= 15 is 0 Å². The molecule has 0 fully saturated rings. The summed E-state index contributed by atoms with van der Waals surface area (Å²) in [7, 11) is 0. The molecule has 1 N–H and O–H groups in total.